The number of halogens is 1. The number of carbonyl (C=O) groups excluding carboxylic acids is 1. The van der Waals surface area contributed by atoms with E-state index in [1.807, 2.05) is 30.3 Å². The molecular weight excluding hydrogens is 416 g/mol. The van der Waals surface area contributed by atoms with E-state index in [-0.39, 0.29) is 18.4 Å². The normalized spacial score (nSPS) is 15.5. The van der Waals surface area contributed by atoms with Crippen molar-refractivity contribution < 1.29 is 4.79 Å². The molecule has 3 aromatic rings. The summed E-state index contributed by atoms with van der Waals surface area (Å²) in [5.74, 6) is 0.752. The predicted molar refractivity (Wildman–Crippen MR) is 117 cm³/mol. The molecule has 1 fully saturated rings. The SMILES string of the molecule is N#C[C@@H]1CCN(C(=O)Cn2cc(Nc3ncc(Cl)c(NCc4ccccc4)n3)cn2)C1. The van der Waals surface area contributed by atoms with Crippen molar-refractivity contribution in [3.63, 3.8) is 0 Å². The molecule has 10 heteroatoms. The standard InChI is InChI=1S/C21H21ClN8O/c22-18-11-25-21(28-20(18)24-9-15-4-2-1-3-5-15)27-17-10-26-30(13-17)14-19(31)29-7-6-16(8-23)12-29/h1-5,10-11,13,16H,6-7,9,12,14H2,(H2,24,25,27,28)/t16-/m0/s1. The molecule has 0 radical (unpaired) electrons. The van der Waals surface area contributed by atoms with Gasteiger partial charge in [0.25, 0.3) is 0 Å². The highest BCUT2D eigenvalue weighted by molar-refractivity contribution is 6.32. The molecule has 0 saturated carbocycles. The molecule has 1 saturated heterocycles. The summed E-state index contributed by atoms with van der Waals surface area (Å²) in [5.41, 5.74) is 1.76. The number of nitriles is 1. The summed E-state index contributed by atoms with van der Waals surface area (Å²) in [6.07, 6.45) is 5.56. The van der Waals surface area contributed by atoms with Crippen LogP contribution in [0.25, 0.3) is 0 Å². The third kappa shape index (κ3) is 5.29. The van der Waals surface area contributed by atoms with Crippen LogP contribution < -0.4 is 10.6 Å². The Bertz CT molecular complexity index is 1090. The van der Waals surface area contributed by atoms with Crippen LogP contribution in [0.5, 0.6) is 0 Å². The van der Waals surface area contributed by atoms with Gasteiger partial charge in [-0.25, -0.2) is 4.98 Å². The minimum atomic E-state index is -0.0782. The molecule has 0 aliphatic carbocycles. The minimum absolute atomic E-state index is 0.0532. The minimum Gasteiger partial charge on any atom is -0.365 e. The van der Waals surface area contributed by atoms with Crippen molar-refractivity contribution in [1.29, 1.82) is 5.26 Å². The van der Waals surface area contributed by atoms with E-state index >= 15 is 0 Å². The molecule has 0 unspecified atom stereocenters. The van der Waals surface area contributed by atoms with Crippen molar-refractivity contribution in [3.8, 4) is 6.07 Å². The smallest absolute Gasteiger partial charge is 0.244 e. The molecule has 9 nitrogen and oxygen atoms in total. The summed E-state index contributed by atoms with van der Waals surface area (Å²) in [6.45, 7) is 1.80. The van der Waals surface area contributed by atoms with Gasteiger partial charge < -0.3 is 15.5 Å². The van der Waals surface area contributed by atoms with Gasteiger partial charge in [0.05, 0.1) is 30.1 Å². The van der Waals surface area contributed by atoms with Gasteiger partial charge >= 0.3 is 0 Å². The van der Waals surface area contributed by atoms with E-state index in [1.165, 1.54) is 6.20 Å². The number of nitrogens with one attached hydrogen (secondary N) is 2. The van der Waals surface area contributed by atoms with Gasteiger partial charge in [0.15, 0.2) is 5.82 Å². The molecule has 2 N–H and O–H groups in total. The Hall–Kier alpha value is -3.64. The first kappa shape index (κ1) is 20.6. The lowest BCUT2D eigenvalue weighted by molar-refractivity contribution is -0.131. The van der Waals surface area contributed by atoms with Gasteiger partial charge in [0, 0.05) is 25.8 Å². The molecule has 0 spiro atoms. The second-order valence-corrected chi connectivity index (χ2v) is 7.64. The number of aromatic nitrogens is 4. The number of nitrogens with zero attached hydrogens (tertiary/aromatic N) is 6. The fraction of sp³-hybridized carbons (Fsp3) is 0.286. The molecule has 4 rings (SSSR count). The van der Waals surface area contributed by atoms with Gasteiger partial charge in [0.2, 0.25) is 11.9 Å². The van der Waals surface area contributed by atoms with Crippen LogP contribution in [0, 0.1) is 17.2 Å². The van der Waals surface area contributed by atoms with Gasteiger partial charge in [0.1, 0.15) is 11.6 Å². The zero-order chi connectivity index (χ0) is 21.6. The molecule has 3 heterocycles. The molecule has 0 bridgehead atoms. The highest BCUT2D eigenvalue weighted by Gasteiger charge is 2.26. The first-order chi connectivity index (χ1) is 15.1. The summed E-state index contributed by atoms with van der Waals surface area (Å²) in [5, 5.41) is 19.9. The average Bonchev–Trinajstić information content (AvgIpc) is 3.44. The van der Waals surface area contributed by atoms with Crippen molar-refractivity contribution in [3.05, 3.63) is 59.5 Å². The Kier molecular flexibility index (Phi) is 6.29. The molecule has 158 valence electrons. The van der Waals surface area contributed by atoms with E-state index in [0.717, 1.165) is 12.0 Å². The third-order valence-electron chi connectivity index (χ3n) is 4.96. The lowest BCUT2D eigenvalue weighted by Crippen LogP contribution is -2.31. The predicted octanol–water partition coefficient (Wildman–Crippen LogP) is 3.05. The van der Waals surface area contributed by atoms with Crippen molar-refractivity contribution in [1.82, 2.24) is 24.6 Å². The van der Waals surface area contributed by atoms with Gasteiger partial charge in [-0.15, -0.1) is 0 Å². The lowest BCUT2D eigenvalue weighted by Gasteiger charge is -2.15. The Morgan fingerprint density at radius 1 is 1.29 bits per heavy atom. The number of amides is 1. The first-order valence-electron chi connectivity index (χ1n) is 9.88. The number of anilines is 3. The molecule has 1 atom stereocenters. The highest BCUT2D eigenvalue weighted by atomic mass is 35.5. The summed E-state index contributed by atoms with van der Waals surface area (Å²) in [7, 11) is 0. The molecule has 1 aliphatic rings. The van der Waals surface area contributed by atoms with Crippen LogP contribution in [0.4, 0.5) is 17.5 Å². The Balaban J connectivity index is 1.36. The second kappa shape index (κ2) is 9.45. The zero-order valence-corrected chi connectivity index (χ0v) is 17.5. The third-order valence-corrected chi connectivity index (χ3v) is 5.23. The quantitative estimate of drug-likeness (QED) is 0.585. The summed E-state index contributed by atoms with van der Waals surface area (Å²) in [4.78, 5) is 22.7. The van der Waals surface area contributed by atoms with Crippen molar-refractivity contribution in [2.24, 2.45) is 5.92 Å². The van der Waals surface area contributed by atoms with Crippen LogP contribution >= 0.6 is 11.6 Å². The van der Waals surface area contributed by atoms with Crippen LogP contribution in [-0.2, 0) is 17.9 Å². The topological polar surface area (TPSA) is 112 Å². The maximum Gasteiger partial charge on any atom is 0.244 e. The van der Waals surface area contributed by atoms with Crippen molar-refractivity contribution in [2.75, 3.05) is 23.7 Å². The van der Waals surface area contributed by atoms with Crippen LogP contribution in [-0.4, -0.2) is 43.6 Å². The number of hydrogen-bond acceptors (Lipinski definition) is 7. The fourth-order valence-electron chi connectivity index (χ4n) is 3.31. The molecule has 2 aromatic heterocycles. The number of benzene rings is 1. The molecule has 31 heavy (non-hydrogen) atoms. The van der Waals surface area contributed by atoms with Crippen LogP contribution in [0.15, 0.2) is 48.9 Å². The number of rotatable bonds is 7. The Morgan fingerprint density at radius 3 is 2.90 bits per heavy atom. The average molecular weight is 437 g/mol. The van der Waals surface area contributed by atoms with Crippen LogP contribution in [0.2, 0.25) is 5.02 Å². The molecular formula is C21H21ClN8O. The van der Waals surface area contributed by atoms with Gasteiger partial charge in [-0.05, 0) is 12.0 Å². The fourth-order valence-corrected chi connectivity index (χ4v) is 3.47. The lowest BCUT2D eigenvalue weighted by atomic mass is 10.1. The molecule has 1 amide bonds. The Labute approximate surface area is 184 Å². The van der Waals surface area contributed by atoms with Gasteiger partial charge in [-0.1, -0.05) is 41.9 Å². The van der Waals surface area contributed by atoms with E-state index in [2.05, 4.69) is 31.8 Å². The van der Waals surface area contributed by atoms with Gasteiger partial charge in [-0.2, -0.15) is 15.3 Å². The largest absolute Gasteiger partial charge is 0.365 e. The monoisotopic (exact) mass is 436 g/mol. The maximum absolute atomic E-state index is 12.4. The summed E-state index contributed by atoms with van der Waals surface area (Å²) >= 11 is 6.22. The van der Waals surface area contributed by atoms with E-state index in [0.29, 0.717) is 42.1 Å². The summed E-state index contributed by atoms with van der Waals surface area (Å²) < 4.78 is 1.55. The Morgan fingerprint density at radius 2 is 2.13 bits per heavy atom. The van der Waals surface area contributed by atoms with Crippen LogP contribution in [0.1, 0.15) is 12.0 Å². The van der Waals surface area contributed by atoms with Gasteiger partial charge in [-0.3, -0.25) is 9.48 Å². The highest BCUT2D eigenvalue weighted by Crippen LogP contribution is 2.22. The zero-order valence-electron chi connectivity index (χ0n) is 16.7. The number of hydrogen-bond donors (Lipinski definition) is 2. The number of carbonyl (C=O) groups is 1. The summed E-state index contributed by atoms with van der Waals surface area (Å²) in [6, 6.07) is 12.1. The number of likely N-dealkylation sites (tertiary alicyclic amines) is 1. The van der Waals surface area contributed by atoms with Crippen LogP contribution in [0.3, 0.4) is 0 Å². The molecule has 1 aliphatic heterocycles. The van der Waals surface area contributed by atoms with E-state index in [1.54, 1.807) is 22.0 Å². The van der Waals surface area contributed by atoms with E-state index in [4.69, 9.17) is 16.9 Å². The van der Waals surface area contributed by atoms with E-state index < -0.39 is 0 Å². The van der Waals surface area contributed by atoms with Crippen molar-refractivity contribution in [2.45, 2.75) is 19.5 Å². The molecule has 1 aromatic carbocycles. The second-order valence-electron chi connectivity index (χ2n) is 7.24. The van der Waals surface area contributed by atoms with E-state index in [9.17, 15) is 4.79 Å². The van der Waals surface area contributed by atoms with Crippen molar-refractivity contribution >= 4 is 35.0 Å². The first-order valence-corrected chi connectivity index (χ1v) is 10.3. The maximum atomic E-state index is 12.4.